The minimum atomic E-state index is -0.701. The van der Waals surface area contributed by atoms with Gasteiger partial charge in [0.25, 0.3) is 5.91 Å². The molecule has 1 spiro atoms. The van der Waals surface area contributed by atoms with Gasteiger partial charge >= 0.3 is 6.03 Å². The average Bonchev–Trinajstić information content (AvgIpc) is 3.21. The Morgan fingerprint density at radius 3 is 2.56 bits per heavy atom. The molecule has 0 radical (unpaired) electrons. The molecule has 3 amide bonds. The Labute approximate surface area is 165 Å². The Kier molecular flexibility index (Phi) is 5.83. The van der Waals surface area contributed by atoms with Crippen LogP contribution in [0.25, 0.3) is 0 Å². The minimum absolute atomic E-state index is 0.0211. The van der Waals surface area contributed by atoms with Crippen LogP contribution < -0.4 is 4.90 Å². The molecule has 0 unspecified atom stereocenters. The minimum Gasteiger partial charge on any atom is -0.346 e. The van der Waals surface area contributed by atoms with Crippen molar-refractivity contribution in [2.24, 2.45) is 5.92 Å². The highest BCUT2D eigenvalue weighted by atomic mass is 32.1. The van der Waals surface area contributed by atoms with Gasteiger partial charge in [-0.25, -0.2) is 4.79 Å². The van der Waals surface area contributed by atoms with E-state index >= 15 is 0 Å². The van der Waals surface area contributed by atoms with E-state index in [0.717, 1.165) is 5.13 Å². The molecular weight excluding hydrogens is 362 g/mol. The van der Waals surface area contributed by atoms with Gasteiger partial charge in [0.2, 0.25) is 5.13 Å². The van der Waals surface area contributed by atoms with Gasteiger partial charge in [0.15, 0.2) is 0 Å². The molecule has 1 aromatic rings. The van der Waals surface area contributed by atoms with E-state index in [-0.39, 0.29) is 11.9 Å². The summed E-state index contributed by atoms with van der Waals surface area (Å²) in [5.74, 6) is 0.296. The molecule has 2 aliphatic heterocycles. The first-order valence-electron chi connectivity index (χ1n) is 9.63. The van der Waals surface area contributed by atoms with E-state index in [1.54, 1.807) is 5.51 Å². The van der Waals surface area contributed by atoms with Gasteiger partial charge in [-0.1, -0.05) is 36.8 Å². The fourth-order valence-electron chi connectivity index (χ4n) is 3.94. The number of amides is 3. The maximum atomic E-state index is 13.4. The van der Waals surface area contributed by atoms with Crippen molar-refractivity contribution in [3.8, 4) is 0 Å². The number of allylic oxidation sites excluding steroid dienone is 1. The number of hydrogen-bond donors (Lipinski definition) is 0. The van der Waals surface area contributed by atoms with Gasteiger partial charge in [0.1, 0.15) is 11.0 Å². The maximum absolute atomic E-state index is 13.4. The largest absolute Gasteiger partial charge is 0.346 e. The van der Waals surface area contributed by atoms with Gasteiger partial charge in [-0.15, -0.1) is 10.2 Å². The summed E-state index contributed by atoms with van der Waals surface area (Å²) in [5.41, 5.74) is 2.22. The highest BCUT2D eigenvalue weighted by Gasteiger charge is 2.57. The smallest absolute Gasteiger partial charge is 0.327 e. The molecule has 3 rings (SSSR count). The van der Waals surface area contributed by atoms with Crippen LogP contribution in [0, 0.1) is 5.92 Å². The van der Waals surface area contributed by atoms with Crippen LogP contribution in [0.2, 0.25) is 0 Å². The molecule has 2 fully saturated rings. The van der Waals surface area contributed by atoms with Crippen molar-refractivity contribution >= 4 is 28.4 Å². The second-order valence-electron chi connectivity index (χ2n) is 8.05. The third-order valence-corrected chi connectivity index (χ3v) is 6.03. The van der Waals surface area contributed by atoms with E-state index in [1.165, 1.54) is 21.8 Å². The number of hydrogen-bond acceptors (Lipinski definition) is 6. The fraction of sp³-hybridized carbons (Fsp3) is 0.684. The number of urea groups is 1. The number of nitrogens with zero attached hydrogens (tertiary/aromatic N) is 5. The molecule has 8 heteroatoms. The number of carbonyl (C=O) groups is 2. The van der Waals surface area contributed by atoms with E-state index in [4.69, 9.17) is 0 Å². The predicted octanol–water partition coefficient (Wildman–Crippen LogP) is 3.15. The third-order valence-electron chi connectivity index (χ3n) is 5.28. The van der Waals surface area contributed by atoms with Crippen LogP contribution in [-0.2, 0) is 4.79 Å². The van der Waals surface area contributed by atoms with Crippen LogP contribution in [-0.4, -0.2) is 63.7 Å². The molecule has 0 bridgehead atoms. The van der Waals surface area contributed by atoms with Crippen LogP contribution >= 0.6 is 11.3 Å². The first-order valence-corrected chi connectivity index (χ1v) is 10.5. The Morgan fingerprint density at radius 2 is 2.00 bits per heavy atom. The summed E-state index contributed by atoms with van der Waals surface area (Å²) in [4.78, 5) is 31.9. The van der Waals surface area contributed by atoms with Crippen LogP contribution in [0.15, 0.2) is 17.2 Å². The van der Waals surface area contributed by atoms with Crippen molar-refractivity contribution < 1.29 is 9.59 Å². The molecule has 0 saturated carbocycles. The summed E-state index contributed by atoms with van der Waals surface area (Å²) < 4.78 is 0. The molecule has 0 atom stereocenters. The molecule has 0 aromatic carbocycles. The van der Waals surface area contributed by atoms with E-state index < -0.39 is 5.54 Å². The van der Waals surface area contributed by atoms with Crippen molar-refractivity contribution in [3.05, 3.63) is 17.2 Å². The molecule has 0 aliphatic carbocycles. The molecule has 27 heavy (non-hydrogen) atoms. The summed E-state index contributed by atoms with van der Waals surface area (Å²) in [6, 6.07) is -0.125. The van der Waals surface area contributed by atoms with Gasteiger partial charge in [-0.2, -0.15) is 0 Å². The predicted molar refractivity (Wildman–Crippen MR) is 107 cm³/mol. The number of aromatic nitrogens is 2. The van der Waals surface area contributed by atoms with Crippen molar-refractivity contribution in [2.75, 3.05) is 31.1 Å². The van der Waals surface area contributed by atoms with Gasteiger partial charge in [-0.05, 0) is 39.0 Å². The highest BCUT2D eigenvalue weighted by molar-refractivity contribution is 7.13. The molecule has 2 aliphatic rings. The normalized spacial score (nSPS) is 19.5. The summed E-state index contributed by atoms with van der Waals surface area (Å²) in [5, 5.41) is 8.94. The van der Waals surface area contributed by atoms with Crippen LogP contribution in [0.5, 0.6) is 0 Å². The molecule has 148 valence electrons. The number of imide groups is 1. The fourth-order valence-corrected chi connectivity index (χ4v) is 4.55. The van der Waals surface area contributed by atoms with Crippen molar-refractivity contribution in [1.82, 2.24) is 20.0 Å². The second-order valence-corrected chi connectivity index (χ2v) is 8.87. The van der Waals surface area contributed by atoms with Crippen LogP contribution in [0.3, 0.4) is 0 Å². The SMILES string of the molecule is CC(C)=CCCN1C(=O)N(CC(C)C)C2(CCN(c3nncs3)CC2)C1=O. The average molecular weight is 392 g/mol. The van der Waals surface area contributed by atoms with Crippen molar-refractivity contribution in [2.45, 2.75) is 52.5 Å². The number of anilines is 1. The van der Waals surface area contributed by atoms with Crippen molar-refractivity contribution in [3.63, 3.8) is 0 Å². The Hall–Kier alpha value is -1.96. The summed E-state index contributed by atoms with van der Waals surface area (Å²) in [6.07, 6.45) is 4.07. The van der Waals surface area contributed by atoms with E-state index in [2.05, 4.69) is 35.0 Å². The zero-order valence-corrected chi connectivity index (χ0v) is 17.5. The molecule has 0 N–H and O–H groups in total. The molecule has 7 nitrogen and oxygen atoms in total. The molecule has 2 saturated heterocycles. The Morgan fingerprint density at radius 1 is 1.30 bits per heavy atom. The maximum Gasteiger partial charge on any atom is 0.327 e. The monoisotopic (exact) mass is 391 g/mol. The topological polar surface area (TPSA) is 69.6 Å². The summed E-state index contributed by atoms with van der Waals surface area (Å²) >= 11 is 1.51. The Bertz CT molecular complexity index is 704. The van der Waals surface area contributed by atoms with Gasteiger partial charge < -0.3 is 9.80 Å². The van der Waals surface area contributed by atoms with Gasteiger partial charge in [-0.3, -0.25) is 9.69 Å². The van der Waals surface area contributed by atoms with Crippen LogP contribution in [0.4, 0.5) is 9.93 Å². The first-order chi connectivity index (χ1) is 12.8. The third kappa shape index (κ3) is 3.85. The molecule has 3 heterocycles. The van der Waals surface area contributed by atoms with Gasteiger partial charge in [0, 0.05) is 26.2 Å². The zero-order valence-electron chi connectivity index (χ0n) is 16.6. The van der Waals surface area contributed by atoms with Crippen molar-refractivity contribution in [1.29, 1.82) is 0 Å². The summed E-state index contributed by atoms with van der Waals surface area (Å²) in [7, 11) is 0. The molecule has 1 aromatic heterocycles. The quantitative estimate of drug-likeness (QED) is 0.550. The zero-order chi connectivity index (χ0) is 19.6. The first kappa shape index (κ1) is 19.8. The molecular formula is C19H29N5O2S. The summed E-state index contributed by atoms with van der Waals surface area (Å²) in [6.45, 7) is 10.7. The van der Waals surface area contributed by atoms with Gasteiger partial charge in [0.05, 0.1) is 0 Å². The van der Waals surface area contributed by atoms with E-state index in [9.17, 15) is 9.59 Å². The second kappa shape index (κ2) is 7.96. The van der Waals surface area contributed by atoms with E-state index in [0.29, 0.717) is 51.4 Å². The number of rotatable bonds is 6. The lowest BCUT2D eigenvalue weighted by molar-refractivity contribution is -0.134. The Balaban J connectivity index is 1.79. The standard InChI is InChI=1S/C19H29N5O2S/c1-14(2)6-5-9-23-16(25)19(24(18(23)26)12-15(3)4)7-10-22(11-8-19)17-21-20-13-27-17/h6,13,15H,5,7-12H2,1-4H3. The highest BCUT2D eigenvalue weighted by Crippen LogP contribution is 2.39. The van der Waals surface area contributed by atoms with Crippen LogP contribution in [0.1, 0.15) is 47.0 Å². The number of carbonyl (C=O) groups excluding carboxylic acids is 2. The lowest BCUT2D eigenvalue weighted by Crippen LogP contribution is -2.57. The van der Waals surface area contributed by atoms with E-state index in [1.807, 2.05) is 18.7 Å². The number of piperidine rings is 1. The lowest BCUT2D eigenvalue weighted by atomic mass is 9.85. The lowest BCUT2D eigenvalue weighted by Gasteiger charge is -2.42.